The molecule has 2 heterocycles. The van der Waals surface area contributed by atoms with E-state index in [0.717, 1.165) is 5.56 Å². The molecule has 0 fully saturated rings. The van der Waals surface area contributed by atoms with Gasteiger partial charge in [-0.2, -0.15) is 4.98 Å². The summed E-state index contributed by atoms with van der Waals surface area (Å²) in [6.07, 6.45) is 0.868. The monoisotopic (exact) mass is 369 g/mol. The Kier molecular flexibility index (Phi) is 5.35. The minimum atomic E-state index is -1.13. The SMILES string of the molecule is CCc1oc(C(=O)NC(C)c2noc(Cc3ccccc3)n2)cc1C(=O)O. The first-order chi connectivity index (χ1) is 13.0. The molecule has 8 nitrogen and oxygen atoms in total. The number of aromatic nitrogens is 2. The molecule has 2 N–H and O–H groups in total. The summed E-state index contributed by atoms with van der Waals surface area (Å²) >= 11 is 0. The maximum Gasteiger partial charge on any atom is 0.339 e. The summed E-state index contributed by atoms with van der Waals surface area (Å²) in [5.74, 6) is -0.716. The molecule has 0 aliphatic rings. The molecule has 0 bridgehead atoms. The Morgan fingerprint density at radius 1 is 1.26 bits per heavy atom. The molecule has 0 spiro atoms. The number of carboxylic acid groups (broad SMARTS) is 1. The predicted octanol–water partition coefficient (Wildman–Crippen LogP) is 3.01. The normalized spacial score (nSPS) is 11.9. The third-order valence-corrected chi connectivity index (χ3v) is 4.00. The standard InChI is InChI=1S/C19H19N3O5/c1-3-14-13(19(24)25)10-15(26-14)18(23)20-11(2)17-21-16(27-22-17)9-12-7-5-4-6-8-12/h4-8,10-11H,3,9H2,1-2H3,(H,20,23)(H,24,25). The van der Waals surface area contributed by atoms with Gasteiger partial charge in [0.15, 0.2) is 11.6 Å². The Labute approximate surface area is 155 Å². The minimum Gasteiger partial charge on any atom is -0.478 e. The molecule has 0 saturated heterocycles. The van der Waals surface area contributed by atoms with E-state index in [4.69, 9.17) is 14.0 Å². The summed E-state index contributed by atoms with van der Waals surface area (Å²) in [5, 5.41) is 15.7. The summed E-state index contributed by atoms with van der Waals surface area (Å²) in [4.78, 5) is 27.8. The summed E-state index contributed by atoms with van der Waals surface area (Å²) in [5.41, 5.74) is 1.02. The average Bonchev–Trinajstić information content (AvgIpc) is 3.29. The van der Waals surface area contributed by atoms with Gasteiger partial charge in [0, 0.05) is 12.5 Å². The van der Waals surface area contributed by atoms with Crippen LogP contribution in [0.4, 0.5) is 0 Å². The van der Waals surface area contributed by atoms with Crippen molar-refractivity contribution in [2.45, 2.75) is 32.7 Å². The third-order valence-electron chi connectivity index (χ3n) is 4.00. The summed E-state index contributed by atoms with van der Waals surface area (Å²) in [7, 11) is 0. The predicted molar refractivity (Wildman–Crippen MR) is 94.5 cm³/mol. The highest BCUT2D eigenvalue weighted by Gasteiger charge is 2.23. The number of rotatable bonds is 7. The lowest BCUT2D eigenvalue weighted by molar-refractivity contribution is 0.0694. The smallest absolute Gasteiger partial charge is 0.339 e. The van der Waals surface area contributed by atoms with Crippen LogP contribution in [0.5, 0.6) is 0 Å². The van der Waals surface area contributed by atoms with Crippen molar-refractivity contribution in [3.63, 3.8) is 0 Å². The average molecular weight is 369 g/mol. The molecular weight excluding hydrogens is 350 g/mol. The van der Waals surface area contributed by atoms with Gasteiger partial charge in [-0.3, -0.25) is 4.79 Å². The second-order valence-electron chi connectivity index (χ2n) is 6.01. The van der Waals surface area contributed by atoms with Gasteiger partial charge in [-0.05, 0) is 12.5 Å². The lowest BCUT2D eigenvalue weighted by atomic mass is 10.1. The van der Waals surface area contributed by atoms with E-state index in [9.17, 15) is 9.59 Å². The lowest BCUT2D eigenvalue weighted by Gasteiger charge is -2.07. The zero-order chi connectivity index (χ0) is 19.4. The van der Waals surface area contributed by atoms with Crippen molar-refractivity contribution in [1.29, 1.82) is 0 Å². The van der Waals surface area contributed by atoms with Crippen molar-refractivity contribution in [2.24, 2.45) is 0 Å². The Hall–Kier alpha value is -3.42. The number of aryl methyl sites for hydroxylation is 1. The van der Waals surface area contributed by atoms with Crippen LogP contribution in [0, 0.1) is 0 Å². The molecule has 8 heteroatoms. The van der Waals surface area contributed by atoms with Gasteiger partial charge in [0.05, 0.1) is 12.5 Å². The number of benzene rings is 1. The van der Waals surface area contributed by atoms with Crippen LogP contribution >= 0.6 is 0 Å². The fourth-order valence-electron chi connectivity index (χ4n) is 2.60. The molecular formula is C19H19N3O5. The molecule has 1 unspecified atom stereocenters. The molecule has 0 aliphatic heterocycles. The van der Waals surface area contributed by atoms with Crippen LogP contribution in [-0.2, 0) is 12.8 Å². The van der Waals surface area contributed by atoms with Crippen LogP contribution in [0.15, 0.2) is 45.3 Å². The molecule has 1 atom stereocenters. The number of carbonyl (C=O) groups is 2. The van der Waals surface area contributed by atoms with E-state index in [0.29, 0.717) is 24.6 Å². The van der Waals surface area contributed by atoms with Crippen molar-refractivity contribution in [3.05, 3.63) is 70.8 Å². The Morgan fingerprint density at radius 2 is 2.00 bits per heavy atom. The molecule has 0 saturated carbocycles. The van der Waals surface area contributed by atoms with Crippen LogP contribution in [-0.4, -0.2) is 27.1 Å². The van der Waals surface area contributed by atoms with Gasteiger partial charge < -0.3 is 19.4 Å². The van der Waals surface area contributed by atoms with Gasteiger partial charge in [-0.25, -0.2) is 4.79 Å². The summed E-state index contributed by atoms with van der Waals surface area (Å²) < 4.78 is 10.6. The number of amides is 1. The van der Waals surface area contributed by atoms with Gasteiger partial charge in [0.2, 0.25) is 5.89 Å². The second-order valence-corrected chi connectivity index (χ2v) is 6.01. The second kappa shape index (κ2) is 7.86. The Bertz CT molecular complexity index is 945. The highest BCUT2D eigenvalue weighted by atomic mass is 16.5. The number of carboxylic acids is 1. The Morgan fingerprint density at radius 3 is 2.63 bits per heavy atom. The van der Waals surface area contributed by atoms with Crippen molar-refractivity contribution in [2.75, 3.05) is 0 Å². The van der Waals surface area contributed by atoms with Crippen LogP contribution < -0.4 is 5.32 Å². The van der Waals surface area contributed by atoms with Gasteiger partial charge in [-0.1, -0.05) is 42.4 Å². The van der Waals surface area contributed by atoms with E-state index in [2.05, 4.69) is 15.5 Å². The lowest BCUT2D eigenvalue weighted by Crippen LogP contribution is -2.27. The van der Waals surface area contributed by atoms with E-state index in [-0.39, 0.29) is 17.1 Å². The number of aromatic carboxylic acids is 1. The largest absolute Gasteiger partial charge is 0.478 e. The number of nitrogens with one attached hydrogen (secondary N) is 1. The maximum atomic E-state index is 12.3. The van der Waals surface area contributed by atoms with Crippen molar-refractivity contribution >= 4 is 11.9 Å². The Balaban J connectivity index is 1.67. The van der Waals surface area contributed by atoms with E-state index in [1.54, 1.807) is 13.8 Å². The van der Waals surface area contributed by atoms with E-state index >= 15 is 0 Å². The third kappa shape index (κ3) is 4.22. The molecule has 1 aromatic carbocycles. The minimum absolute atomic E-state index is 0.0139. The number of hydrogen-bond acceptors (Lipinski definition) is 6. The van der Waals surface area contributed by atoms with Crippen LogP contribution in [0.2, 0.25) is 0 Å². The van der Waals surface area contributed by atoms with Crippen molar-refractivity contribution < 1.29 is 23.6 Å². The quantitative estimate of drug-likeness (QED) is 0.657. The topological polar surface area (TPSA) is 118 Å². The zero-order valence-corrected chi connectivity index (χ0v) is 14.9. The van der Waals surface area contributed by atoms with Crippen molar-refractivity contribution in [3.8, 4) is 0 Å². The number of nitrogens with zero attached hydrogens (tertiary/aromatic N) is 2. The fourth-order valence-corrected chi connectivity index (χ4v) is 2.60. The van der Waals surface area contributed by atoms with Gasteiger partial charge in [0.25, 0.3) is 5.91 Å². The molecule has 27 heavy (non-hydrogen) atoms. The van der Waals surface area contributed by atoms with Gasteiger partial charge >= 0.3 is 5.97 Å². The fraction of sp³-hybridized carbons (Fsp3) is 0.263. The summed E-state index contributed by atoms with van der Waals surface area (Å²) in [6, 6.07) is 10.4. The number of carbonyl (C=O) groups excluding carboxylic acids is 1. The van der Waals surface area contributed by atoms with Crippen LogP contribution in [0.25, 0.3) is 0 Å². The van der Waals surface area contributed by atoms with Gasteiger partial charge in [0.1, 0.15) is 11.3 Å². The zero-order valence-electron chi connectivity index (χ0n) is 14.9. The first kappa shape index (κ1) is 18.4. The molecule has 1 amide bonds. The highest BCUT2D eigenvalue weighted by molar-refractivity contribution is 5.96. The molecule has 0 radical (unpaired) electrons. The molecule has 3 aromatic rings. The number of hydrogen-bond donors (Lipinski definition) is 2. The van der Waals surface area contributed by atoms with E-state index in [1.807, 2.05) is 30.3 Å². The van der Waals surface area contributed by atoms with Crippen molar-refractivity contribution in [1.82, 2.24) is 15.5 Å². The van der Waals surface area contributed by atoms with E-state index < -0.39 is 17.9 Å². The first-order valence-electron chi connectivity index (χ1n) is 8.51. The summed E-state index contributed by atoms with van der Waals surface area (Å²) in [6.45, 7) is 3.46. The maximum absolute atomic E-state index is 12.3. The molecule has 140 valence electrons. The number of furan rings is 1. The molecule has 0 aliphatic carbocycles. The first-order valence-corrected chi connectivity index (χ1v) is 8.51. The van der Waals surface area contributed by atoms with Gasteiger partial charge in [-0.15, -0.1) is 0 Å². The molecule has 2 aromatic heterocycles. The molecule has 3 rings (SSSR count). The van der Waals surface area contributed by atoms with Crippen LogP contribution in [0.1, 0.15) is 63.8 Å². The van der Waals surface area contributed by atoms with Crippen LogP contribution in [0.3, 0.4) is 0 Å². The highest BCUT2D eigenvalue weighted by Crippen LogP contribution is 2.18. The van der Waals surface area contributed by atoms with E-state index in [1.165, 1.54) is 6.07 Å².